The molecule has 1 aromatic heterocycles. The Hall–Kier alpha value is -2.41. The number of fused-ring (bicyclic) bond motifs is 1. The van der Waals surface area contributed by atoms with Gasteiger partial charge in [-0.3, -0.25) is 9.59 Å². The molecular formula is C17H11ClF3NO3. The van der Waals surface area contributed by atoms with Gasteiger partial charge in [-0.05, 0) is 44.2 Å². The Morgan fingerprint density at radius 2 is 1.76 bits per heavy atom. The second-order valence-electron chi connectivity index (χ2n) is 6.01. The molecule has 0 radical (unpaired) electrons. The van der Waals surface area contributed by atoms with Crippen molar-refractivity contribution in [1.82, 2.24) is 4.98 Å². The number of Topliss-reactive ketones (excluding diaryl/α,β-unsaturated/α-hetero) is 2. The lowest BCUT2D eigenvalue weighted by atomic mass is 9.92. The zero-order valence-corrected chi connectivity index (χ0v) is 13.8. The molecule has 1 aliphatic rings. The molecule has 0 aliphatic carbocycles. The molecule has 0 amide bonds. The maximum atomic E-state index is 12.9. The molecule has 0 unspecified atom stereocenters. The number of alkyl halides is 3. The number of nitrogens with zero attached hydrogens (tertiary/aromatic N) is 1. The summed E-state index contributed by atoms with van der Waals surface area (Å²) < 4.78 is 44.2. The summed E-state index contributed by atoms with van der Waals surface area (Å²) in [6.45, 7) is 2.84. The second-order valence-corrected chi connectivity index (χ2v) is 6.42. The number of aromatic nitrogens is 1. The molecular weight excluding hydrogens is 359 g/mol. The summed E-state index contributed by atoms with van der Waals surface area (Å²) in [6.07, 6.45) is -4.53. The van der Waals surface area contributed by atoms with E-state index in [1.165, 1.54) is 26.0 Å². The number of benzene rings is 1. The minimum absolute atomic E-state index is 0.0313. The number of rotatable bonds is 1. The van der Waals surface area contributed by atoms with Crippen LogP contribution < -0.4 is 4.74 Å². The standard InChI is InChI=1S/C17H11ClF3NO3/c1-16(2)14(24)13(23)9-4-6-12(22-15(9)25-16)10-7-8(17(19,20)21)3-5-11(10)18/h3-7H,1-2H3. The summed E-state index contributed by atoms with van der Waals surface area (Å²) in [5, 5.41) is 0.0675. The average molecular weight is 370 g/mol. The fraction of sp³-hybridized carbons (Fsp3) is 0.235. The van der Waals surface area contributed by atoms with E-state index in [1.807, 2.05) is 0 Å². The van der Waals surface area contributed by atoms with Gasteiger partial charge >= 0.3 is 6.18 Å². The van der Waals surface area contributed by atoms with E-state index in [-0.39, 0.29) is 27.7 Å². The summed E-state index contributed by atoms with van der Waals surface area (Å²) in [5.41, 5.74) is -2.15. The molecule has 130 valence electrons. The van der Waals surface area contributed by atoms with Gasteiger partial charge in [0.1, 0.15) is 0 Å². The van der Waals surface area contributed by atoms with Crippen LogP contribution in [0, 0.1) is 0 Å². The molecule has 0 bridgehead atoms. The highest BCUT2D eigenvalue weighted by molar-refractivity contribution is 6.47. The van der Waals surface area contributed by atoms with Gasteiger partial charge < -0.3 is 4.74 Å². The lowest BCUT2D eigenvalue weighted by Crippen LogP contribution is -2.46. The Morgan fingerprint density at radius 1 is 1.08 bits per heavy atom. The Bertz CT molecular complexity index is 906. The van der Waals surface area contributed by atoms with Gasteiger partial charge in [-0.15, -0.1) is 0 Å². The van der Waals surface area contributed by atoms with Crippen molar-refractivity contribution >= 4 is 23.2 Å². The van der Waals surface area contributed by atoms with E-state index in [0.29, 0.717) is 0 Å². The Balaban J connectivity index is 2.13. The lowest BCUT2D eigenvalue weighted by Gasteiger charge is -2.29. The molecule has 2 heterocycles. The zero-order chi connectivity index (χ0) is 18.6. The van der Waals surface area contributed by atoms with Crippen LogP contribution in [0.4, 0.5) is 13.2 Å². The van der Waals surface area contributed by atoms with Gasteiger partial charge in [0.15, 0.2) is 5.60 Å². The first kappa shape index (κ1) is 17.4. The number of pyridine rings is 1. The predicted molar refractivity (Wildman–Crippen MR) is 83.7 cm³/mol. The summed E-state index contributed by atoms with van der Waals surface area (Å²) >= 11 is 6.00. The largest absolute Gasteiger partial charge is 0.463 e. The molecule has 0 saturated carbocycles. The quantitative estimate of drug-likeness (QED) is 0.701. The number of hydrogen-bond acceptors (Lipinski definition) is 4. The predicted octanol–water partition coefficient (Wildman–Crippen LogP) is 4.34. The number of hydrogen-bond donors (Lipinski definition) is 0. The molecule has 0 saturated heterocycles. The van der Waals surface area contributed by atoms with Crippen LogP contribution in [-0.4, -0.2) is 22.2 Å². The maximum Gasteiger partial charge on any atom is 0.416 e. The number of carbonyl (C=O) groups is 2. The van der Waals surface area contributed by atoms with Gasteiger partial charge in [-0.25, -0.2) is 4.98 Å². The van der Waals surface area contributed by atoms with Gasteiger partial charge in [0, 0.05) is 10.6 Å². The molecule has 0 atom stereocenters. The Labute approximate surface area is 145 Å². The van der Waals surface area contributed by atoms with E-state index >= 15 is 0 Å². The van der Waals surface area contributed by atoms with Crippen molar-refractivity contribution in [2.75, 3.05) is 0 Å². The van der Waals surface area contributed by atoms with Crippen LogP contribution in [0.25, 0.3) is 11.3 Å². The first-order valence-corrected chi connectivity index (χ1v) is 7.55. The molecule has 0 N–H and O–H groups in total. The van der Waals surface area contributed by atoms with E-state index in [2.05, 4.69) is 4.98 Å². The molecule has 8 heteroatoms. The van der Waals surface area contributed by atoms with Gasteiger partial charge in [0.2, 0.25) is 17.4 Å². The normalized spacial score (nSPS) is 16.4. The molecule has 1 aliphatic heterocycles. The Morgan fingerprint density at radius 3 is 2.40 bits per heavy atom. The van der Waals surface area contributed by atoms with Crippen molar-refractivity contribution in [3.8, 4) is 17.1 Å². The number of ether oxygens (including phenoxy) is 1. The van der Waals surface area contributed by atoms with Crippen molar-refractivity contribution in [3.05, 3.63) is 46.5 Å². The topological polar surface area (TPSA) is 56.3 Å². The third-order valence-electron chi connectivity index (χ3n) is 3.78. The first-order chi connectivity index (χ1) is 11.5. The van der Waals surface area contributed by atoms with Gasteiger partial charge in [-0.1, -0.05) is 11.6 Å². The average Bonchev–Trinajstić information content (AvgIpc) is 2.51. The molecule has 0 fully saturated rings. The Kier molecular flexibility index (Phi) is 3.87. The highest BCUT2D eigenvalue weighted by Crippen LogP contribution is 2.37. The van der Waals surface area contributed by atoms with Crippen LogP contribution in [0.15, 0.2) is 30.3 Å². The molecule has 1 aromatic carbocycles. The van der Waals surface area contributed by atoms with Crippen LogP contribution in [0.5, 0.6) is 5.88 Å². The van der Waals surface area contributed by atoms with Gasteiger partial charge in [0.05, 0.1) is 16.8 Å². The molecule has 2 aromatic rings. The smallest absolute Gasteiger partial charge is 0.416 e. The van der Waals surface area contributed by atoms with Crippen LogP contribution in [0.3, 0.4) is 0 Å². The van der Waals surface area contributed by atoms with Crippen molar-refractivity contribution in [2.45, 2.75) is 25.6 Å². The highest BCUT2D eigenvalue weighted by Gasteiger charge is 2.42. The zero-order valence-electron chi connectivity index (χ0n) is 13.1. The van der Waals surface area contributed by atoms with E-state index in [1.54, 1.807) is 0 Å². The fourth-order valence-electron chi connectivity index (χ4n) is 2.42. The van der Waals surface area contributed by atoms with Crippen molar-refractivity contribution in [3.63, 3.8) is 0 Å². The summed E-state index contributed by atoms with van der Waals surface area (Å²) in [7, 11) is 0. The van der Waals surface area contributed by atoms with Gasteiger partial charge in [-0.2, -0.15) is 13.2 Å². The van der Waals surface area contributed by atoms with Crippen molar-refractivity contribution in [2.24, 2.45) is 0 Å². The maximum absolute atomic E-state index is 12.9. The molecule has 25 heavy (non-hydrogen) atoms. The summed E-state index contributed by atoms with van der Waals surface area (Å²) in [6, 6.07) is 5.49. The SMILES string of the molecule is CC1(C)Oc2nc(-c3cc(C(F)(F)F)ccc3Cl)ccc2C(=O)C1=O. The minimum atomic E-state index is -4.53. The summed E-state index contributed by atoms with van der Waals surface area (Å²) in [5.74, 6) is -1.58. The lowest BCUT2D eigenvalue weighted by molar-refractivity contribution is -0.137. The van der Waals surface area contributed by atoms with Crippen LogP contribution in [0.1, 0.15) is 29.8 Å². The first-order valence-electron chi connectivity index (χ1n) is 7.17. The monoisotopic (exact) mass is 369 g/mol. The van der Waals surface area contributed by atoms with E-state index in [0.717, 1.165) is 18.2 Å². The van der Waals surface area contributed by atoms with Crippen LogP contribution >= 0.6 is 11.6 Å². The van der Waals surface area contributed by atoms with Crippen LogP contribution in [0.2, 0.25) is 5.02 Å². The van der Waals surface area contributed by atoms with E-state index in [9.17, 15) is 22.8 Å². The summed E-state index contributed by atoms with van der Waals surface area (Å²) in [4.78, 5) is 28.1. The molecule has 4 nitrogen and oxygen atoms in total. The second kappa shape index (κ2) is 5.56. The molecule has 0 spiro atoms. The van der Waals surface area contributed by atoms with Gasteiger partial charge in [0.25, 0.3) is 0 Å². The fourth-order valence-corrected chi connectivity index (χ4v) is 2.64. The third-order valence-corrected chi connectivity index (χ3v) is 4.11. The highest BCUT2D eigenvalue weighted by atomic mass is 35.5. The third kappa shape index (κ3) is 3.00. The van der Waals surface area contributed by atoms with Crippen molar-refractivity contribution < 1.29 is 27.5 Å². The van der Waals surface area contributed by atoms with E-state index < -0.39 is 28.9 Å². The molecule has 3 rings (SSSR count). The van der Waals surface area contributed by atoms with Crippen LogP contribution in [-0.2, 0) is 11.0 Å². The number of halogens is 4. The minimum Gasteiger partial charge on any atom is -0.463 e. The number of ketones is 2. The van der Waals surface area contributed by atoms with E-state index in [4.69, 9.17) is 16.3 Å². The van der Waals surface area contributed by atoms with Crippen molar-refractivity contribution in [1.29, 1.82) is 0 Å². The number of carbonyl (C=O) groups excluding carboxylic acids is 2.